The smallest absolute Gasteiger partial charge is 0.309 e. The zero-order chi connectivity index (χ0) is 14.5. The molecule has 19 heavy (non-hydrogen) atoms. The van der Waals surface area contributed by atoms with Gasteiger partial charge < -0.3 is 15.4 Å². The number of anilines is 1. The third-order valence-electron chi connectivity index (χ3n) is 2.28. The second kappa shape index (κ2) is 6.52. The summed E-state index contributed by atoms with van der Waals surface area (Å²) in [5, 5.41) is 6.84. The Morgan fingerprint density at radius 3 is 2.32 bits per heavy atom. The lowest BCUT2D eigenvalue weighted by Crippen LogP contribution is -2.42. The van der Waals surface area contributed by atoms with Crippen molar-refractivity contribution >= 4 is 29.0 Å². The van der Waals surface area contributed by atoms with Crippen molar-refractivity contribution in [2.75, 3.05) is 12.4 Å². The van der Waals surface area contributed by atoms with Gasteiger partial charge in [-0.2, -0.15) is 0 Å². The maximum atomic E-state index is 11.1. The van der Waals surface area contributed by atoms with Gasteiger partial charge in [-0.15, -0.1) is 0 Å². The first kappa shape index (κ1) is 15.4. The van der Waals surface area contributed by atoms with Crippen LogP contribution in [0.5, 0.6) is 0 Å². The van der Waals surface area contributed by atoms with E-state index in [-0.39, 0.29) is 17.9 Å². The van der Waals surface area contributed by atoms with Crippen LogP contribution in [0, 0.1) is 0 Å². The Hall–Kier alpha value is -1.62. The van der Waals surface area contributed by atoms with E-state index >= 15 is 0 Å². The quantitative estimate of drug-likeness (QED) is 0.658. The lowest BCUT2D eigenvalue weighted by atomic mass is 10.1. The second-order valence-corrected chi connectivity index (χ2v) is 5.69. The molecule has 0 saturated heterocycles. The molecule has 0 amide bonds. The van der Waals surface area contributed by atoms with Gasteiger partial charge >= 0.3 is 5.97 Å². The van der Waals surface area contributed by atoms with Crippen molar-refractivity contribution in [3.63, 3.8) is 0 Å². The second-order valence-electron chi connectivity index (χ2n) is 5.28. The van der Waals surface area contributed by atoms with Crippen LogP contribution in [0.15, 0.2) is 24.3 Å². The summed E-state index contributed by atoms with van der Waals surface area (Å²) in [4.78, 5) is 11.1. The van der Waals surface area contributed by atoms with Crippen molar-refractivity contribution < 1.29 is 9.53 Å². The molecule has 0 aliphatic heterocycles. The standard InChI is InChI=1S/C14H20N2O2S/c1-14(2,3)16-13(19)15-11-7-5-10(6-8-11)9-12(17)18-4/h5-8H,9H2,1-4H3,(H2,15,16,19). The number of benzene rings is 1. The molecule has 2 N–H and O–H groups in total. The van der Waals surface area contributed by atoms with Crippen molar-refractivity contribution in [3.05, 3.63) is 29.8 Å². The minimum atomic E-state index is -0.245. The number of carbonyl (C=O) groups excluding carboxylic acids is 1. The average molecular weight is 280 g/mol. The Morgan fingerprint density at radius 1 is 1.26 bits per heavy atom. The zero-order valence-electron chi connectivity index (χ0n) is 11.7. The Kier molecular flexibility index (Phi) is 5.30. The average Bonchev–Trinajstić information content (AvgIpc) is 2.29. The van der Waals surface area contributed by atoms with Crippen LogP contribution in [0.3, 0.4) is 0 Å². The highest BCUT2D eigenvalue weighted by atomic mass is 32.1. The molecule has 4 nitrogen and oxygen atoms in total. The molecule has 0 saturated carbocycles. The van der Waals surface area contributed by atoms with Crippen molar-refractivity contribution in [2.45, 2.75) is 32.7 Å². The van der Waals surface area contributed by atoms with E-state index in [9.17, 15) is 4.79 Å². The summed E-state index contributed by atoms with van der Waals surface area (Å²) in [5.74, 6) is -0.245. The lowest BCUT2D eigenvalue weighted by Gasteiger charge is -2.23. The first-order valence-corrected chi connectivity index (χ1v) is 6.46. The maximum Gasteiger partial charge on any atom is 0.309 e. The van der Waals surface area contributed by atoms with Crippen molar-refractivity contribution in [2.24, 2.45) is 0 Å². The van der Waals surface area contributed by atoms with Crippen LogP contribution in [-0.4, -0.2) is 23.7 Å². The predicted molar refractivity (Wildman–Crippen MR) is 81.3 cm³/mol. The van der Waals surface area contributed by atoms with Crippen LogP contribution < -0.4 is 10.6 Å². The van der Waals surface area contributed by atoms with E-state index in [2.05, 4.69) is 15.4 Å². The van der Waals surface area contributed by atoms with Gasteiger partial charge in [-0.1, -0.05) is 12.1 Å². The number of thiocarbonyl (C=S) groups is 1. The number of ether oxygens (including phenoxy) is 1. The molecule has 0 atom stereocenters. The van der Waals surface area contributed by atoms with E-state index in [0.717, 1.165) is 11.3 Å². The molecular formula is C14H20N2O2S. The van der Waals surface area contributed by atoms with E-state index in [1.165, 1.54) is 7.11 Å². The summed E-state index contributed by atoms with van der Waals surface area (Å²) < 4.78 is 4.62. The first-order chi connectivity index (χ1) is 8.80. The summed E-state index contributed by atoms with van der Waals surface area (Å²) in [6, 6.07) is 7.52. The molecule has 0 radical (unpaired) electrons. The number of rotatable bonds is 3. The fourth-order valence-electron chi connectivity index (χ4n) is 1.45. The van der Waals surface area contributed by atoms with Crippen molar-refractivity contribution in [3.8, 4) is 0 Å². The van der Waals surface area contributed by atoms with E-state index in [4.69, 9.17) is 12.2 Å². The summed E-state index contributed by atoms with van der Waals surface area (Å²) in [5.41, 5.74) is 1.72. The molecule has 1 aromatic rings. The highest BCUT2D eigenvalue weighted by Crippen LogP contribution is 2.11. The first-order valence-electron chi connectivity index (χ1n) is 6.05. The summed E-state index contributed by atoms with van der Waals surface area (Å²) >= 11 is 5.21. The number of methoxy groups -OCH3 is 1. The van der Waals surface area contributed by atoms with Gasteiger partial charge in [-0.3, -0.25) is 4.79 Å². The Labute approximate surface area is 119 Å². The molecule has 5 heteroatoms. The molecule has 0 unspecified atom stereocenters. The molecular weight excluding hydrogens is 260 g/mol. The molecule has 1 aromatic carbocycles. The number of esters is 1. The van der Waals surface area contributed by atoms with E-state index in [1.54, 1.807) is 0 Å². The van der Waals surface area contributed by atoms with Crippen LogP contribution in [0.2, 0.25) is 0 Å². The zero-order valence-corrected chi connectivity index (χ0v) is 12.6. The van der Waals surface area contributed by atoms with Crippen LogP contribution >= 0.6 is 12.2 Å². The normalized spacial score (nSPS) is 10.7. The summed E-state index contributed by atoms with van der Waals surface area (Å²) in [6.07, 6.45) is 0.279. The third kappa shape index (κ3) is 6.20. The topological polar surface area (TPSA) is 50.4 Å². The van der Waals surface area contributed by atoms with Gasteiger partial charge in [0.2, 0.25) is 0 Å². The molecule has 0 aliphatic carbocycles. The molecule has 0 aliphatic rings. The Morgan fingerprint density at radius 2 is 1.84 bits per heavy atom. The van der Waals surface area contributed by atoms with Crippen LogP contribution in [-0.2, 0) is 16.0 Å². The Bertz CT molecular complexity index is 450. The van der Waals surface area contributed by atoms with Crippen molar-refractivity contribution in [1.29, 1.82) is 0 Å². The van der Waals surface area contributed by atoms with Crippen LogP contribution in [0.4, 0.5) is 5.69 Å². The van der Waals surface area contributed by atoms with E-state index in [0.29, 0.717) is 5.11 Å². The number of hydrogen-bond donors (Lipinski definition) is 2. The fraction of sp³-hybridized carbons (Fsp3) is 0.429. The number of carbonyl (C=O) groups is 1. The largest absolute Gasteiger partial charge is 0.469 e. The Balaban J connectivity index is 2.57. The fourth-order valence-corrected chi connectivity index (χ4v) is 1.87. The van der Waals surface area contributed by atoms with Gasteiger partial charge in [-0.05, 0) is 50.7 Å². The van der Waals surface area contributed by atoms with Gasteiger partial charge in [0, 0.05) is 11.2 Å². The molecule has 1 rings (SSSR count). The van der Waals surface area contributed by atoms with Gasteiger partial charge in [0.15, 0.2) is 5.11 Å². The lowest BCUT2D eigenvalue weighted by molar-refractivity contribution is -0.139. The maximum absolute atomic E-state index is 11.1. The predicted octanol–water partition coefficient (Wildman–Crippen LogP) is 2.49. The van der Waals surface area contributed by atoms with Gasteiger partial charge in [0.1, 0.15) is 0 Å². The van der Waals surface area contributed by atoms with Crippen LogP contribution in [0.25, 0.3) is 0 Å². The number of hydrogen-bond acceptors (Lipinski definition) is 3. The molecule has 0 heterocycles. The third-order valence-corrected chi connectivity index (χ3v) is 2.48. The van der Waals surface area contributed by atoms with Crippen LogP contribution in [0.1, 0.15) is 26.3 Å². The summed E-state index contributed by atoms with van der Waals surface area (Å²) in [6.45, 7) is 6.13. The molecule has 0 spiro atoms. The van der Waals surface area contributed by atoms with Crippen molar-refractivity contribution in [1.82, 2.24) is 5.32 Å². The molecule has 0 fully saturated rings. The van der Waals surface area contributed by atoms with Gasteiger partial charge in [-0.25, -0.2) is 0 Å². The molecule has 0 bridgehead atoms. The minimum Gasteiger partial charge on any atom is -0.469 e. The molecule has 0 aromatic heterocycles. The summed E-state index contributed by atoms with van der Waals surface area (Å²) in [7, 11) is 1.38. The highest BCUT2D eigenvalue weighted by Gasteiger charge is 2.11. The van der Waals surface area contributed by atoms with E-state index < -0.39 is 0 Å². The minimum absolute atomic E-state index is 0.0745. The number of nitrogens with one attached hydrogen (secondary N) is 2. The van der Waals surface area contributed by atoms with Gasteiger partial charge in [0.25, 0.3) is 0 Å². The highest BCUT2D eigenvalue weighted by molar-refractivity contribution is 7.80. The monoisotopic (exact) mass is 280 g/mol. The molecule has 104 valence electrons. The SMILES string of the molecule is COC(=O)Cc1ccc(NC(=S)NC(C)(C)C)cc1. The van der Waals surface area contributed by atoms with Gasteiger partial charge in [0.05, 0.1) is 13.5 Å². The van der Waals surface area contributed by atoms with E-state index in [1.807, 2.05) is 45.0 Å².